The van der Waals surface area contributed by atoms with Gasteiger partial charge in [-0.2, -0.15) is 0 Å². The molecule has 0 spiro atoms. The van der Waals surface area contributed by atoms with Crippen LogP contribution in [0.4, 0.5) is 0 Å². The van der Waals surface area contributed by atoms with Crippen molar-refractivity contribution in [1.29, 1.82) is 0 Å². The van der Waals surface area contributed by atoms with Gasteiger partial charge in [-0.25, -0.2) is 0 Å². The second kappa shape index (κ2) is 7.51. The molecule has 0 aliphatic carbocycles. The predicted molar refractivity (Wildman–Crippen MR) is 83.0 cm³/mol. The first-order valence-corrected chi connectivity index (χ1v) is 7.79. The summed E-state index contributed by atoms with van der Waals surface area (Å²) < 4.78 is 10.9. The third kappa shape index (κ3) is 3.79. The Morgan fingerprint density at radius 3 is 2.80 bits per heavy atom. The fraction of sp³-hybridized carbons (Fsp3) is 0.600. The van der Waals surface area contributed by atoms with Crippen LogP contribution >= 0.6 is 23.2 Å². The molecule has 0 saturated carbocycles. The van der Waals surface area contributed by atoms with Crippen molar-refractivity contribution in [3.05, 3.63) is 27.7 Å². The van der Waals surface area contributed by atoms with E-state index in [9.17, 15) is 0 Å². The van der Waals surface area contributed by atoms with Crippen molar-refractivity contribution in [1.82, 2.24) is 5.32 Å². The number of halogens is 2. The van der Waals surface area contributed by atoms with Crippen molar-refractivity contribution in [2.45, 2.75) is 38.3 Å². The Labute approximate surface area is 130 Å². The Hall–Kier alpha value is -0.480. The monoisotopic (exact) mass is 317 g/mol. The molecule has 0 bridgehead atoms. The summed E-state index contributed by atoms with van der Waals surface area (Å²) in [7, 11) is 1.59. The highest BCUT2D eigenvalue weighted by molar-refractivity contribution is 6.34. The quantitative estimate of drug-likeness (QED) is 0.852. The van der Waals surface area contributed by atoms with E-state index in [1.54, 1.807) is 13.2 Å². The third-order valence-electron chi connectivity index (χ3n) is 3.62. The van der Waals surface area contributed by atoms with Gasteiger partial charge in [-0.3, -0.25) is 0 Å². The Kier molecular flexibility index (Phi) is 5.97. The summed E-state index contributed by atoms with van der Waals surface area (Å²) in [4.78, 5) is 0. The van der Waals surface area contributed by atoms with E-state index in [2.05, 4.69) is 12.2 Å². The number of hydrogen-bond donors (Lipinski definition) is 1. The first-order chi connectivity index (χ1) is 9.65. The normalized spacial score (nSPS) is 20.1. The van der Waals surface area contributed by atoms with Crippen LogP contribution in [0, 0.1) is 0 Å². The molecule has 1 N–H and O–H groups in total. The van der Waals surface area contributed by atoms with Crippen molar-refractivity contribution in [3.8, 4) is 5.75 Å². The summed E-state index contributed by atoms with van der Waals surface area (Å²) in [5.74, 6) is 0.604. The van der Waals surface area contributed by atoms with Crippen LogP contribution in [0.25, 0.3) is 0 Å². The summed E-state index contributed by atoms with van der Waals surface area (Å²) in [6.07, 6.45) is 3.47. The van der Waals surface area contributed by atoms with Gasteiger partial charge in [0.25, 0.3) is 0 Å². The lowest BCUT2D eigenvalue weighted by atomic mass is 9.99. The summed E-state index contributed by atoms with van der Waals surface area (Å²) in [6, 6.07) is 3.82. The topological polar surface area (TPSA) is 30.5 Å². The molecule has 2 rings (SSSR count). The van der Waals surface area contributed by atoms with Crippen molar-refractivity contribution >= 4 is 23.2 Å². The van der Waals surface area contributed by atoms with Crippen molar-refractivity contribution in [3.63, 3.8) is 0 Å². The lowest BCUT2D eigenvalue weighted by molar-refractivity contribution is 0.0947. The summed E-state index contributed by atoms with van der Waals surface area (Å²) >= 11 is 12.6. The zero-order valence-electron chi connectivity index (χ0n) is 11.9. The second-order valence-corrected chi connectivity index (χ2v) is 5.80. The van der Waals surface area contributed by atoms with Gasteiger partial charge < -0.3 is 14.8 Å². The SMILES string of the molecule is CCNC(CC1CCCO1)c1cc(Cl)c(OC)cc1Cl. The number of nitrogens with one attached hydrogen (secondary N) is 1. The van der Waals surface area contributed by atoms with Crippen LogP contribution in [0.3, 0.4) is 0 Å². The van der Waals surface area contributed by atoms with E-state index in [4.69, 9.17) is 32.7 Å². The summed E-state index contributed by atoms with van der Waals surface area (Å²) in [5.41, 5.74) is 1.01. The van der Waals surface area contributed by atoms with Crippen LogP contribution in [-0.4, -0.2) is 26.4 Å². The minimum atomic E-state index is 0.152. The van der Waals surface area contributed by atoms with E-state index in [-0.39, 0.29) is 6.04 Å². The second-order valence-electron chi connectivity index (χ2n) is 4.99. The van der Waals surface area contributed by atoms with Gasteiger partial charge in [-0.15, -0.1) is 0 Å². The molecule has 1 saturated heterocycles. The Bertz CT molecular complexity index is 448. The lowest BCUT2D eigenvalue weighted by Crippen LogP contribution is -2.25. The van der Waals surface area contributed by atoms with E-state index in [0.717, 1.165) is 38.0 Å². The molecule has 1 aromatic carbocycles. The van der Waals surface area contributed by atoms with Crippen LogP contribution in [0.5, 0.6) is 5.75 Å². The smallest absolute Gasteiger partial charge is 0.138 e. The molecule has 1 aliphatic rings. The molecule has 3 nitrogen and oxygen atoms in total. The molecule has 0 amide bonds. The van der Waals surface area contributed by atoms with Crippen molar-refractivity contribution in [2.75, 3.05) is 20.3 Å². The average molecular weight is 318 g/mol. The van der Waals surface area contributed by atoms with Gasteiger partial charge in [0.1, 0.15) is 5.75 Å². The highest BCUT2D eigenvalue weighted by Crippen LogP contribution is 2.36. The maximum Gasteiger partial charge on any atom is 0.138 e. The number of methoxy groups -OCH3 is 1. The van der Waals surface area contributed by atoms with Gasteiger partial charge in [0.05, 0.1) is 18.2 Å². The van der Waals surface area contributed by atoms with E-state index >= 15 is 0 Å². The maximum atomic E-state index is 6.38. The van der Waals surface area contributed by atoms with Crippen LogP contribution in [0.15, 0.2) is 12.1 Å². The number of benzene rings is 1. The highest BCUT2D eigenvalue weighted by atomic mass is 35.5. The third-order valence-corrected chi connectivity index (χ3v) is 4.24. The molecule has 1 aromatic rings. The van der Waals surface area contributed by atoms with Gasteiger partial charge in [0, 0.05) is 23.7 Å². The molecule has 20 heavy (non-hydrogen) atoms. The lowest BCUT2D eigenvalue weighted by Gasteiger charge is -2.23. The first kappa shape index (κ1) is 15.9. The van der Waals surface area contributed by atoms with Crippen molar-refractivity contribution in [2.24, 2.45) is 0 Å². The molecule has 0 radical (unpaired) electrons. The number of hydrogen-bond acceptors (Lipinski definition) is 3. The molecular formula is C15H21Cl2NO2. The Balaban J connectivity index is 2.21. The largest absolute Gasteiger partial charge is 0.495 e. The molecule has 2 unspecified atom stereocenters. The molecule has 0 aromatic heterocycles. The zero-order chi connectivity index (χ0) is 14.5. The number of rotatable bonds is 6. The minimum absolute atomic E-state index is 0.152. The molecule has 2 atom stereocenters. The molecular weight excluding hydrogens is 297 g/mol. The molecule has 112 valence electrons. The first-order valence-electron chi connectivity index (χ1n) is 7.03. The fourth-order valence-corrected chi connectivity index (χ4v) is 3.16. The predicted octanol–water partition coefficient (Wildman–Crippen LogP) is 4.22. The van der Waals surface area contributed by atoms with Crippen LogP contribution < -0.4 is 10.1 Å². The van der Waals surface area contributed by atoms with Crippen LogP contribution in [-0.2, 0) is 4.74 Å². The van der Waals surface area contributed by atoms with Gasteiger partial charge in [-0.1, -0.05) is 30.1 Å². The van der Waals surface area contributed by atoms with Gasteiger partial charge in [0.2, 0.25) is 0 Å². The van der Waals surface area contributed by atoms with Gasteiger partial charge in [0.15, 0.2) is 0 Å². The minimum Gasteiger partial charge on any atom is -0.495 e. The Morgan fingerprint density at radius 2 is 2.20 bits per heavy atom. The Morgan fingerprint density at radius 1 is 1.40 bits per heavy atom. The highest BCUT2D eigenvalue weighted by Gasteiger charge is 2.23. The van der Waals surface area contributed by atoms with Crippen LogP contribution in [0.2, 0.25) is 10.0 Å². The van der Waals surface area contributed by atoms with E-state index in [1.807, 2.05) is 6.07 Å². The summed E-state index contributed by atoms with van der Waals surface area (Å²) in [6.45, 7) is 3.82. The summed E-state index contributed by atoms with van der Waals surface area (Å²) in [5, 5.41) is 4.73. The maximum absolute atomic E-state index is 6.38. The van der Waals surface area contributed by atoms with Gasteiger partial charge >= 0.3 is 0 Å². The van der Waals surface area contributed by atoms with E-state index in [1.165, 1.54) is 0 Å². The van der Waals surface area contributed by atoms with Crippen molar-refractivity contribution < 1.29 is 9.47 Å². The molecule has 5 heteroatoms. The standard InChI is InChI=1S/C15H21Cl2NO2/c1-3-18-14(7-10-5-4-6-20-10)11-8-13(17)15(19-2)9-12(11)16/h8-10,14,18H,3-7H2,1-2H3. The average Bonchev–Trinajstić information content (AvgIpc) is 2.93. The molecule has 1 fully saturated rings. The fourth-order valence-electron chi connectivity index (χ4n) is 2.63. The zero-order valence-corrected chi connectivity index (χ0v) is 13.4. The van der Waals surface area contributed by atoms with E-state index in [0.29, 0.717) is 21.9 Å². The molecule has 1 aliphatic heterocycles. The van der Waals surface area contributed by atoms with E-state index < -0.39 is 0 Å². The molecule has 1 heterocycles. The number of ether oxygens (including phenoxy) is 2. The van der Waals surface area contributed by atoms with Gasteiger partial charge in [-0.05, 0) is 37.4 Å². The van der Waals surface area contributed by atoms with Crippen LogP contribution in [0.1, 0.15) is 37.8 Å².